The van der Waals surface area contributed by atoms with Gasteiger partial charge in [-0.15, -0.1) is 0 Å². The summed E-state index contributed by atoms with van der Waals surface area (Å²) in [6.45, 7) is 8.52. The average molecular weight is 435 g/mol. The molecule has 9 heteroatoms. The molecule has 1 aromatic rings. The van der Waals surface area contributed by atoms with E-state index in [0.29, 0.717) is 31.0 Å². The van der Waals surface area contributed by atoms with Gasteiger partial charge in [0.2, 0.25) is 17.7 Å². The fourth-order valence-corrected chi connectivity index (χ4v) is 4.23. The number of hydrogen-bond acceptors (Lipinski definition) is 6. The Labute approximate surface area is 182 Å². The van der Waals surface area contributed by atoms with Crippen molar-refractivity contribution in [2.45, 2.75) is 84.1 Å². The lowest BCUT2D eigenvalue weighted by Gasteiger charge is -2.28. The van der Waals surface area contributed by atoms with Crippen LogP contribution < -0.4 is 10.8 Å². The van der Waals surface area contributed by atoms with E-state index in [1.54, 1.807) is 16.4 Å². The van der Waals surface area contributed by atoms with Crippen LogP contribution in [0.15, 0.2) is 10.6 Å². The molecule has 1 saturated heterocycles. The highest BCUT2D eigenvalue weighted by molar-refractivity contribution is 5.98. The van der Waals surface area contributed by atoms with Crippen molar-refractivity contribution >= 4 is 23.5 Å². The molecule has 2 aliphatic rings. The van der Waals surface area contributed by atoms with E-state index in [1.807, 2.05) is 27.7 Å². The van der Waals surface area contributed by atoms with Gasteiger partial charge < -0.3 is 14.7 Å². The Balaban J connectivity index is 1.74. The fourth-order valence-electron chi connectivity index (χ4n) is 4.23. The smallest absolute Gasteiger partial charge is 0.248 e. The first-order valence-electron chi connectivity index (χ1n) is 11.1. The van der Waals surface area contributed by atoms with Crippen LogP contribution in [-0.4, -0.2) is 45.6 Å². The second-order valence-corrected chi connectivity index (χ2v) is 10.1. The summed E-state index contributed by atoms with van der Waals surface area (Å²) >= 11 is 0. The third-order valence-corrected chi connectivity index (χ3v) is 6.36. The molecule has 31 heavy (non-hydrogen) atoms. The lowest BCUT2D eigenvalue weighted by atomic mass is 9.93. The van der Waals surface area contributed by atoms with Gasteiger partial charge in [0.05, 0.1) is 0 Å². The number of carbonyl (C=O) groups excluding carboxylic acids is 3. The van der Waals surface area contributed by atoms with Gasteiger partial charge in [-0.25, -0.2) is 5.48 Å². The lowest BCUT2D eigenvalue weighted by molar-refractivity contribution is -0.143. The molecule has 1 spiro atoms. The molecule has 2 heterocycles. The van der Waals surface area contributed by atoms with Crippen LogP contribution in [0.2, 0.25) is 0 Å². The second kappa shape index (κ2) is 8.98. The van der Waals surface area contributed by atoms with Crippen LogP contribution >= 0.6 is 0 Å². The Kier molecular flexibility index (Phi) is 6.73. The molecule has 1 saturated carbocycles. The highest BCUT2D eigenvalue weighted by Crippen LogP contribution is 2.55. The Morgan fingerprint density at radius 2 is 2.06 bits per heavy atom. The maximum absolute atomic E-state index is 13.4. The van der Waals surface area contributed by atoms with Crippen molar-refractivity contribution in [3.63, 3.8) is 0 Å². The zero-order valence-electron chi connectivity index (χ0n) is 18.9. The normalized spacial score (nSPS) is 20.5. The van der Waals surface area contributed by atoms with Crippen LogP contribution in [0, 0.1) is 11.3 Å². The highest BCUT2D eigenvalue weighted by atomic mass is 16.5. The molecule has 0 radical (unpaired) electrons. The Morgan fingerprint density at radius 1 is 1.35 bits per heavy atom. The lowest BCUT2D eigenvalue weighted by Crippen LogP contribution is -2.46. The van der Waals surface area contributed by atoms with Crippen molar-refractivity contribution < 1.29 is 24.1 Å². The van der Waals surface area contributed by atoms with E-state index in [1.165, 1.54) is 0 Å². The third-order valence-electron chi connectivity index (χ3n) is 6.36. The van der Waals surface area contributed by atoms with Crippen LogP contribution in [-0.2, 0) is 19.8 Å². The number of unbranched alkanes of at least 4 members (excludes halogenated alkanes) is 1. The van der Waals surface area contributed by atoms with Crippen molar-refractivity contribution in [1.82, 2.24) is 15.5 Å². The molecule has 0 unspecified atom stereocenters. The van der Waals surface area contributed by atoms with Crippen LogP contribution in [0.25, 0.3) is 0 Å². The Morgan fingerprint density at radius 3 is 2.61 bits per heavy atom. The molecule has 3 amide bonds. The van der Waals surface area contributed by atoms with Gasteiger partial charge in [0.1, 0.15) is 11.8 Å². The van der Waals surface area contributed by atoms with Gasteiger partial charge in [-0.3, -0.25) is 19.6 Å². The van der Waals surface area contributed by atoms with Gasteiger partial charge >= 0.3 is 0 Å². The number of nitrogens with one attached hydrogen (secondary N) is 2. The summed E-state index contributed by atoms with van der Waals surface area (Å²) in [5, 5.41) is 15.7. The van der Waals surface area contributed by atoms with Crippen molar-refractivity contribution in [2.75, 3.05) is 11.9 Å². The number of anilines is 1. The third kappa shape index (κ3) is 5.44. The molecule has 0 aromatic carbocycles. The molecule has 1 aliphatic heterocycles. The van der Waals surface area contributed by atoms with E-state index < -0.39 is 17.9 Å². The average Bonchev–Trinajstić information content (AvgIpc) is 3.12. The SMILES string of the molecule is CCCC[C@H](CC(=O)NO)C(=O)N1CC2(CC2)C[C@H]1C(=O)Nc1cc(C(C)(C)C)on1. The number of aromatic nitrogens is 1. The molecular formula is C22H34N4O5. The Hall–Kier alpha value is -2.42. The van der Waals surface area contributed by atoms with E-state index in [4.69, 9.17) is 9.73 Å². The van der Waals surface area contributed by atoms with Crippen molar-refractivity contribution in [3.8, 4) is 0 Å². The Bertz CT molecular complexity index is 824. The number of hydrogen-bond donors (Lipinski definition) is 3. The zero-order valence-corrected chi connectivity index (χ0v) is 18.9. The molecule has 2 fully saturated rings. The van der Waals surface area contributed by atoms with Gasteiger partial charge in [-0.05, 0) is 31.1 Å². The number of rotatable bonds is 8. The van der Waals surface area contributed by atoms with E-state index in [2.05, 4.69) is 10.5 Å². The molecule has 172 valence electrons. The molecule has 2 atom stereocenters. The molecule has 3 rings (SSSR count). The van der Waals surface area contributed by atoms with Crippen LogP contribution in [0.5, 0.6) is 0 Å². The highest BCUT2D eigenvalue weighted by Gasteiger charge is 2.55. The molecular weight excluding hydrogens is 400 g/mol. The van der Waals surface area contributed by atoms with E-state index >= 15 is 0 Å². The topological polar surface area (TPSA) is 125 Å². The largest absolute Gasteiger partial charge is 0.359 e. The zero-order chi connectivity index (χ0) is 22.8. The van der Waals surface area contributed by atoms with Crippen molar-refractivity contribution in [3.05, 3.63) is 11.8 Å². The van der Waals surface area contributed by atoms with Gasteiger partial charge in [-0.2, -0.15) is 0 Å². The maximum atomic E-state index is 13.4. The minimum absolute atomic E-state index is 0.00655. The summed E-state index contributed by atoms with van der Waals surface area (Å²) in [6, 6.07) is 1.10. The first-order valence-corrected chi connectivity index (χ1v) is 11.1. The van der Waals surface area contributed by atoms with E-state index in [0.717, 1.165) is 25.7 Å². The number of hydroxylamine groups is 1. The minimum Gasteiger partial charge on any atom is -0.359 e. The number of nitrogens with zero attached hydrogens (tertiary/aromatic N) is 2. The minimum atomic E-state index is -0.605. The standard InChI is InChI=1S/C22H34N4O5/c1-5-6-7-14(10-18(27)24-30)20(29)26-13-22(8-9-22)12-15(26)19(28)23-17-11-16(31-25-17)21(2,3)4/h11,14-15,30H,5-10,12-13H2,1-4H3,(H,24,27)(H,23,25,28)/t14-,15+/m1/s1. The van der Waals surface area contributed by atoms with Crippen LogP contribution in [0.4, 0.5) is 5.82 Å². The van der Waals surface area contributed by atoms with Gasteiger partial charge in [0, 0.05) is 30.4 Å². The predicted octanol–water partition coefficient (Wildman–Crippen LogP) is 2.99. The molecule has 9 nitrogen and oxygen atoms in total. The monoisotopic (exact) mass is 434 g/mol. The molecule has 1 aromatic heterocycles. The van der Waals surface area contributed by atoms with E-state index in [-0.39, 0.29) is 29.1 Å². The van der Waals surface area contributed by atoms with Gasteiger partial charge in [0.15, 0.2) is 5.82 Å². The number of carbonyl (C=O) groups is 3. The summed E-state index contributed by atoms with van der Waals surface area (Å²) in [4.78, 5) is 39.9. The fraction of sp³-hybridized carbons (Fsp3) is 0.727. The first-order chi connectivity index (χ1) is 14.6. The van der Waals surface area contributed by atoms with Crippen molar-refractivity contribution in [1.29, 1.82) is 0 Å². The van der Waals surface area contributed by atoms with Gasteiger partial charge in [-0.1, -0.05) is 45.7 Å². The molecule has 3 N–H and O–H groups in total. The summed E-state index contributed by atoms with van der Waals surface area (Å²) < 4.78 is 5.35. The summed E-state index contributed by atoms with van der Waals surface area (Å²) in [6.07, 6.45) is 4.73. The quantitative estimate of drug-likeness (QED) is 0.427. The maximum Gasteiger partial charge on any atom is 0.248 e. The summed E-state index contributed by atoms with van der Waals surface area (Å²) in [7, 11) is 0. The predicted molar refractivity (Wildman–Crippen MR) is 113 cm³/mol. The van der Waals surface area contributed by atoms with Crippen LogP contribution in [0.3, 0.4) is 0 Å². The van der Waals surface area contributed by atoms with Gasteiger partial charge in [0.25, 0.3) is 0 Å². The molecule has 1 aliphatic carbocycles. The van der Waals surface area contributed by atoms with Crippen molar-refractivity contribution in [2.24, 2.45) is 11.3 Å². The molecule has 0 bridgehead atoms. The summed E-state index contributed by atoms with van der Waals surface area (Å²) in [5.74, 6) is -0.635. The first kappa shape index (κ1) is 23.2. The number of likely N-dealkylation sites (tertiary alicyclic amines) is 1. The van der Waals surface area contributed by atoms with Crippen LogP contribution in [0.1, 0.15) is 78.4 Å². The second-order valence-electron chi connectivity index (χ2n) is 10.1. The summed E-state index contributed by atoms with van der Waals surface area (Å²) in [5.41, 5.74) is 1.39. The van der Waals surface area contributed by atoms with E-state index in [9.17, 15) is 14.4 Å². The number of amides is 3.